The topological polar surface area (TPSA) is 61.1 Å². The number of nitrogens with zero attached hydrogens (tertiary/aromatic N) is 1. The van der Waals surface area contributed by atoms with Gasteiger partial charge in [0.1, 0.15) is 35.4 Å². The van der Waals surface area contributed by atoms with E-state index in [2.05, 4.69) is 0 Å². The van der Waals surface area contributed by atoms with E-state index in [1.807, 2.05) is 18.2 Å². The van der Waals surface area contributed by atoms with Gasteiger partial charge >= 0.3 is 0 Å². The average molecular weight is 425 g/mol. The van der Waals surface area contributed by atoms with E-state index in [-0.39, 0.29) is 30.1 Å². The number of hydrogen-bond acceptors (Lipinski definition) is 5. The van der Waals surface area contributed by atoms with Crippen LogP contribution >= 0.6 is 0 Å². The second-order valence-corrected chi connectivity index (χ2v) is 7.27. The summed E-state index contributed by atoms with van der Waals surface area (Å²) in [5.74, 6) is 2.22. The van der Waals surface area contributed by atoms with Crippen LogP contribution in [0.1, 0.15) is 40.8 Å². The fourth-order valence-corrected chi connectivity index (χ4v) is 3.83. The van der Waals surface area contributed by atoms with Gasteiger partial charge in [-0.05, 0) is 67.4 Å². The summed E-state index contributed by atoms with van der Waals surface area (Å²) in [6.45, 7) is 0.776. The van der Waals surface area contributed by atoms with Crippen molar-refractivity contribution in [2.24, 2.45) is 0 Å². The molecule has 1 aliphatic rings. The number of likely N-dealkylation sites (tertiary alicyclic amines) is 1. The molecule has 1 aromatic heterocycles. The summed E-state index contributed by atoms with van der Waals surface area (Å²) < 4.78 is 35.2. The lowest BCUT2D eigenvalue weighted by molar-refractivity contribution is 0.0697. The number of carbonyl (C=O) groups is 1. The molecule has 0 bridgehead atoms. The van der Waals surface area contributed by atoms with E-state index in [4.69, 9.17) is 18.6 Å². The highest BCUT2D eigenvalue weighted by Crippen LogP contribution is 2.39. The minimum absolute atomic E-state index is 0.124. The maximum atomic E-state index is 13.2. The molecule has 0 saturated carbocycles. The van der Waals surface area contributed by atoms with Crippen molar-refractivity contribution in [3.8, 4) is 17.2 Å². The Bertz CT molecular complexity index is 1050. The first-order valence-corrected chi connectivity index (χ1v) is 10.1. The molecule has 31 heavy (non-hydrogen) atoms. The SMILES string of the molecule is COc1ccc(OC)c(C2CCCN2C(=O)c2ccc(COc3ccc(F)cc3)o2)c1. The standard InChI is InChI=1S/C24H24FNO5/c1-28-18-9-11-22(29-2)20(14-18)21-4-3-13-26(21)24(27)23-12-10-19(31-23)15-30-17-7-5-16(25)6-8-17/h5-12,14,21H,3-4,13,15H2,1-2H3. The Morgan fingerprint density at radius 2 is 1.84 bits per heavy atom. The van der Waals surface area contributed by atoms with Gasteiger partial charge in [0, 0.05) is 12.1 Å². The van der Waals surface area contributed by atoms with E-state index in [0.29, 0.717) is 23.8 Å². The lowest BCUT2D eigenvalue weighted by atomic mass is 10.0. The minimum atomic E-state index is -0.328. The Hall–Kier alpha value is -3.48. The fraction of sp³-hybridized carbons (Fsp3) is 0.292. The summed E-state index contributed by atoms with van der Waals surface area (Å²) in [7, 11) is 3.23. The number of hydrogen-bond donors (Lipinski definition) is 0. The van der Waals surface area contributed by atoms with Crippen LogP contribution in [0.5, 0.6) is 17.2 Å². The molecule has 162 valence electrons. The molecule has 2 aromatic carbocycles. The first kappa shape index (κ1) is 20.8. The Morgan fingerprint density at radius 3 is 2.58 bits per heavy atom. The number of amides is 1. The van der Waals surface area contributed by atoms with E-state index in [1.54, 1.807) is 43.4 Å². The van der Waals surface area contributed by atoms with Crippen molar-refractivity contribution in [3.63, 3.8) is 0 Å². The number of furan rings is 1. The molecular weight excluding hydrogens is 401 g/mol. The van der Waals surface area contributed by atoms with Gasteiger partial charge in [-0.25, -0.2) is 4.39 Å². The molecule has 7 heteroatoms. The van der Waals surface area contributed by atoms with Crippen LogP contribution in [0.4, 0.5) is 4.39 Å². The summed E-state index contributed by atoms with van der Waals surface area (Å²) in [6, 6.07) is 14.6. The Morgan fingerprint density at radius 1 is 1.06 bits per heavy atom. The predicted molar refractivity (Wildman–Crippen MR) is 112 cm³/mol. The number of carbonyl (C=O) groups excluding carboxylic acids is 1. The largest absolute Gasteiger partial charge is 0.497 e. The molecular formula is C24H24FNO5. The van der Waals surface area contributed by atoms with Crippen LogP contribution < -0.4 is 14.2 Å². The van der Waals surface area contributed by atoms with Crippen molar-refractivity contribution in [2.75, 3.05) is 20.8 Å². The van der Waals surface area contributed by atoms with Crippen molar-refractivity contribution >= 4 is 5.91 Å². The molecule has 0 spiro atoms. The second kappa shape index (κ2) is 9.12. The number of rotatable bonds is 7. The fourth-order valence-electron chi connectivity index (χ4n) is 3.83. The summed E-state index contributed by atoms with van der Waals surface area (Å²) in [5, 5.41) is 0. The van der Waals surface area contributed by atoms with E-state index in [9.17, 15) is 9.18 Å². The van der Waals surface area contributed by atoms with Gasteiger partial charge in [0.05, 0.1) is 20.3 Å². The molecule has 3 aromatic rings. The van der Waals surface area contributed by atoms with Gasteiger partial charge in [0.25, 0.3) is 5.91 Å². The molecule has 0 aliphatic carbocycles. The predicted octanol–water partition coefficient (Wildman–Crippen LogP) is 4.99. The van der Waals surface area contributed by atoms with Crippen LogP contribution in [0.25, 0.3) is 0 Å². The second-order valence-electron chi connectivity index (χ2n) is 7.27. The molecule has 0 radical (unpaired) electrons. The monoisotopic (exact) mass is 425 g/mol. The molecule has 1 atom stereocenters. The maximum Gasteiger partial charge on any atom is 0.290 e. The van der Waals surface area contributed by atoms with Gasteiger partial charge in [0.2, 0.25) is 0 Å². The van der Waals surface area contributed by atoms with Crippen molar-refractivity contribution < 1.29 is 27.8 Å². The zero-order valence-electron chi connectivity index (χ0n) is 17.5. The van der Waals surface area contributed by atoms with Crippen LogP contribution in [0.3, 0.4) is 0 Å². The molecule has 1 amide bonds. The van der Waals surface area contributed by atoms with Gasteiger partial charge < -0.3 is 23.5 Å². The van der Waals surface area contributed by atoms with E-state index in [0.717, 1.165) is 24.2 Å². The van der Waals surface area contributed by atoms with Gasteiger partial charge in [-0.2, -0.15) is 0 Å². The number of benzene rings is 2. The maximum absolute atomic E-state index is 13.2. The summed E-state index contributed by atoms with van der Waals surface area (Å²) in [4.78, 5) is 15.0. The zero-order chi connectivity index (χ0) is 21.8. The van der Waals surface area contributed by atoms with Crippen molar-refractivity contribution in [3.05, 3.63) is 77.5 Å². The molecule has 1 fully saturated rings. The molecule has 1 aliphatic heterocycles. The average Bonchev–Trinajstić information content (AvgIpc) is 3.48. The molecule has 2 heterocycles. The third kappa shape index (κ3) is 4.50. The first-order valence-electron chi connectivity index (χ1n) is 10.1. The van der Waals surface area contributed by atoms with Crippen LogP contribution in [0.15, 0.2) is 59.0 Å². The van der Waals surface area contributed by atoms with Crippen LogP contribution in [0, 0.1) is 5.82 Å². The summed E-state index contributed by atoms with van der Waals surface area (Å²) in [5.41, 5.74) is 0.916. The normalized spacial score (nSPS) is 15.7. The van der Waals surface area contributed by atoms with Gasteiger partial charge in [-0.1, -0.05) is 0 Å². The Balaban J connectivity index is 1.48. The molecule has 0 N–H and O–H groups in total. The van der Waals surface area contributed by atoms with E-state index in [1.165, 1.54) is 12.1 Å². The lowest BCUT2D eigenvalue weighted by Gasteiger charge is -2.26. The van der Waals surface area contributed by atoms with Gasteiger partial charge in [0.15, 0.2) is 5.76 Å². The zero-order valence-corrected chi connectivity index (χ0v) is 17.5. The third-order valence-corrected chi connectivity index (χ3v) is 5.38. The molecule has 1 saturated heterocycles. The molecule has 1 unspecified atom stereocenters. The van der Waals surface area contributed by atoms with Crippen molar-refractivity contribution in [1.82, 2.24) is 4.90 Å². The van der Waals surface area contributed by atoms with Crippen LogP contribution in [-0.4, -0.2) is 31.6 Å². The molecule has 6 nitrogen and oxygen atoms in total. The lowest BCUT2D eigenvalue weighted by Crippen LogP contribution is -2.30. The third-order valence-electron chi connectivity index (χ3n) is 5.38. The quantitative estimate of drug-likeness (QED) is 0.534. The highest BCUT2D eigenvalue weighted by molar-refractivity contribution is 5.92. The smallest absolute Gasteiger partial charge is 0.290 e. The highest BCUT2D eigenvalue weighted by atomic mass is 19.1. The van der Waals surface area contributed by atoms with Crippen molar-refractivity contribution in [2.45, 2.75) is 25.5 Å². The highest BCUT2D eigenvalue weighted by Gasteiger charge is 2.34. The van der Waals surface area contributed by atoms with Crippen molar-refractivity contribution in [1.29, 1.82) is 0 Å². The minimum Gasteiger partial charge on any atom is -0.497 e. The van der Waals surface area contributed by atoms with Gasteiger partial charge in [-0.3, -0.25) is 4.79 Å². The summed E-state index contributed by atoms with van der Waals surface area (Å²) >= 11 is 0. The number of ether oxygens (including phenoxy) is 3. The number of halogens is 1. The summed E-state index contributed by atoms with van der Waals surface area (Å²) in [6.07, 6.45) is 1.72. The Labute approximate surface area is 180 Å². The van der Waals surface area contributed by atoms with Gasteiger partial charge in [-0.15, -0.1) is 0 Å². The molecule has 4 rings (SSSR count). The van der Waals surface area contributed by atoms with Crippen LogP contribution in [0.2, 0.25) is 0 Å². The van der Waals surface area contributed by atoms with E-state index < -0.39 is 0 Å². The number of methoxy groups -OCH3 is 2. The van der Waals surface area contributed by atoms with Crippen LogP contribution in [-0.2, 0) is 6.61 Å². The van der Waals surface area contributed by atoms with E-state index >= 15 is 0 Å². The Kier molecular flexibility index (Phi) is 6.11. The first-order chi connectivity index (χ1) is 15.1.